The van der Waals surface area contributed by atoms with Crippen LogP contribution in [0.2, 0.25) is 0 Å². The summed E-state index contributed by atoms with van der Waals surface area (Å²) < 4.78 is 0. The lowest BCUT2D eigenvalue weighted by Crippen LogP contribution is -2.47. The van der Waals surface area contributed by atoms with E-state index < -0.39 is 5.41 Å². The Kier molecular flexibility index (Phi) is 6.29. The van der Waals surface area contributed by atoms with Crippen molar-refractivity contribution in [3.63, 3.8) is 0 Å². The number of carbonyl (C=O) groups excluding carboxylic acids is 1. The summed E-state index contributed by atoms with van der Waals surface area (Å²) in [6, 6.07) is 0.318. The van der Waals surface area contributed by atoms with Crippen molar-refractivity contribution in [3.8, 4) is 0 Å². The fraction of sp³-hybridized carbons (Fsp3) is 0.909. The van der Waals surface area contributed by atoms with Crippen molar-refractivity contribution in [1.82, 2.24) is 4.90 Å². The minimum absolute atomic E-state index is 0.144. The number of rotatable bonds is 6. The van der Waals surface area contributed by atoms with E-state index in [9.17, 15) is 4.79 Å². The van der Waals surface area contributed by atoms with E-state index >= 15 is 0 Å². The fourth-order valence-electron chi connectivity index (χ4n) is 1.43. The highest BCUT2D eigenvalue weighted by Crippen LogP contribution is 2.19. The Morgan fingerprint density at radius 2 is 2.07 bits per heavy atom. The van der Waals surface area contributed by atoms with Crippen molar-refractivity contribution in [3.05, 3.63) is 0 Å². The second-order valence-electron chi connectivity index (χ2n) is 4.52. The third-order valence-corrected chi connectivity index (χ3v) is 3.51. The van der Waals surface area contributed by atoms with Gasteiger partial charge in [0.1, 0.15) is 0 Å². The molecule has 0 aliphatic heterocycles. The molecule has 0 saturated heterocycles. The summed E-state index contributed by atoms with van der Waals surface area (Å²) in [5, 5.41) is 0. The highest BCUT2D eigenvalue weighted by atomic mass is 32.2. The molecule has 0 spiro atoms. The van der Waals surface area contributed by atoms with E-state index in [0.717, 1.165) is 12.2 Å². The summed E-state index contributed by atoms with van der Waals surface area (Å²) >= 11 is 1.77. The number of hydrogen-bond acceptors (Lipinski definition) is 3. The molecule has 2 N–H and O–H groups in total. The maximum atomic E-state index is 12.1. The average molecular weight is 232 g/mol. The predicted octanol–water partition coefficient (Wildman–Crippen LogP) is 1.57. The van der Waals surface area contributed by atoms with Crippen LogP contribution in [0.4, 0.5) is 0 Å². The topological polar surface area (TPSA) is 46.3 Å². The molecule has 1 atom stereocenters. The first-order chi connectivity index (χ1) is 6.90. The molecule has 0 saturated carbocycles. The Bertz CT molecular complexity index is 207. The number of nitrogens with two attached hydrogens (primary N) is 1. The smallest absolute Gasteiger partial charge is 0.229 e. The summed E-state index contributed by atoms with van der Waals surface area (Å²) in [6.07, 6.45) is 3.05. The van der Waals surface area contributed by atoms with E-state index in [1.807, 2.05) is 25.8 Å². The maximum absolute atomic E-state index is 12.1. The van der Waals surface area contributed by atoms with Crippen LogP contribution in [0.1, 0.15) is 27.2 Å². The first-order valence-corrected chi connectivity index (χ1v) is 6.76. The molecular formula is C11H24N2OS. The predicted molar refractivity (Wildman–Crippen MR) is 68.1 cm³/mol. The largest absolute Gasteiger partial charge is 0.341 e. The zero-order valence-electron chi connectivity index (χ0n) is 10.5. The molecule has 1 unspecified atom stereocenters. The molecule has 3 nitrogen and oxygen atoms in total. The Hall–Kier alpha value is -0.220. The second kappa shape index (κ2) is 6.38. The van der Waals surface area contributed by atoms with Gasteiger partial charge < -0.3 is 10.6 Å². The molecule has 0 fully saturated rings. The Balaban J connectivity index is 4.53. The summed E-state index contributed by atoms with van der Waals surface area (Å²) in [7, 11) is 1.88. The van der Waals surface area contributed by atoms with E-state index in [-0.39, 0.29) is 5.91 Å². The third-order valence-electron chi connectivity index (χ3n) is 2.79. The van der Waals surface area contributed by atoms with Crippen LogP contribution in [0.25, 0.3) is 0 Å². The molecule has 0 aliphatic carbocycles. The lowest BCUT2D eigenvalue weighted by atomic mass is 9.91. The van der Waals surface area contributed by atoms with Gasteiger partial charge in [-0.2, -0.15) is 11.8 Å². The summed E-state index contributed by atoms with van der Waals surface area (Å²) in [6.45, 7) is 6.31. The third kappa shape index (κ3) is 4.03. The van der Waals surface area contributed by atoms with Gasteiger partial charge in [-0.15, -0.1) is 0 Å². The zero-order chi connectivity index (χ0) is 12.1. The van der Waals surface area contributed by atoms with Crippen LogP contribution in [0.15, 0.2) is 0 Å². The second-order valence-corrected chi connectivity index (χ2v) is 5.43. The number of hydrogen-bond donors (Lipinski definition) is 1. The fourth-order valence-corrected chi connectivity index (χ4v) is 2.27. The maximum Gasteiger partial charge on any atom is 0.229 e. The molecule has 0 aliphatic rings. The van der Waals surface area contributed by atoms with Crippen LogP contribution >= 0.6 is 11.8 Å². The number of amides is 1. The zero-order valence-corrected chi connectivity index (χ0v) is 11.4. The van der Waals surface area contributed by atoms with Gasteiger partial charge in [-0.1, -0.05) is 6.92 Å². The first kappa shape index (κ1) is 14.8. The number of carbonyl (C=O) groups is 1. The molecule has 0 aromatic carbocycles. The van der Waals surface area contributed by atoms with Gasteiger partial charge in [-0.25, -0.2) is 0 Å². The molecule has 0 rings (SSSR count). The average Bonchev–Trinajstić information content (AvgIpc) is 2.23. The van der Waals surface area contributed by atoms with Gasteiger partial charge in [-0.05, 0) is 26.5 Å². The van der Waals surface area contributed by atoms with Gasteiger partial charge in [0.25, 0.3) is 0 Å². The molecule has 0 radical (unpaired) electrons. The van der Waals surface area contributed by atoms with Gasteiger partial charge in [0, 0.05) is 25.4 Å². The van der Waals surface area contributed by atoms with Crippen LogP contribution in [0, 0.1) is 5.41 Å². The molecule has 0 aromatic rings. The van der Waals surface area contributed by atoms with Crippen LogP contribution in [-0.2, 0) is 4.79 Å². The quantitative estimate of drug-likeness (QED) is 0.756. The number of nitrogens with zero attached hydrogens (tertiary/aromatic N) is 1. The minimum atomic E-state index is -0.444. The SMILES string of the molecule is CCC(CSC)N(C)C(=O)C(C)(C)CN. The summed E-state index contributed by atoms with van der Waals surface area (Å²) in [4.78, 5) is 14.0. The van der Waals surface area contributed by atoms with Crippen molar-refractivity contribution in [1.29, 1.82) is 0 Å². The van der Waals surface area contributed by atoms with Crippen molar-refractivity contribution in [2.75, 3.05) is 25.6 Å². The lowest BCUT2D eigenvalue weighted by molar-refractivity contribution is -0.140. The Labute approximate surface area is 97.8 Å². The van der Waals surface area contributed by atoms with Crippen LogP contribution in [0.3, 0.4) is 0 Å². The van der Waals surface area contributed by atoms with Crippen LogP contribution in [-0.4, -0.2) is 42.4 Å². The van der Waals surface area contributed by atoms with Gasteiger partial charge in [0.05, 0.1) is 5.41 Å². The Morgan fingerprint density at radius 3 is 2.40 bits per heavy atom. The van der Waals surface area contributed by atoms with Crippen molar-refractivity contribution in [2.45, 2.75) is 33.2 Å². The minimum Gasteiger partial charge on any atom is -0.341 e. The molecule has 0 bridgehead atoms. The Morgan fingerprint density at radius 1 is 1.53 bits per heavy atom. The monoisotopic (exact) mass is 232 g/mol. The molecule has 0 aromatic heterocycles. The summed E-state index contributed by atoms with van der Waals surface area (Å²) in [5.74, 6) is 1.13. The molecule has 1 amide bonds. The molecule has 15 heavy (non-hydrogen) atoms. The van der Waals surface area contributed by atoms with Crippen molar-refractivity contribution in [2.24, 2.45) is 11.1 Å². The lowest BCUT2D eigenvalue weighted by Gasteiger charge is -2.33. The van der Waals surface area contributed by atoms with Crippen molar-refractivity contribution < 1.29 is 4.79 Å². The van der Waals surface area contributed by atoms with E-state index in [1.165, 1.54) is 0 Å². The molecule has 4 heteroatoms. The van der Waals surface area contributed by atoms with E-state index in [0.29, 0.717) is 12.6 Å². The van der Waals surface area contributed by atoms with E-state index in [4.69, 9.17) is 5.73 Å². The van der Waals surface area contributed by atoms with Gasteiger partial charge in [-0.3, -0.25) is 4.79 Å². The summed E-state index contributed by atoms with van der Waals surface area (Å²) in [5.41, 5.74) is 5.16. The van der Waals surface area contributed by atoms with Crippen LogP contribution in [0.5, 0.6) is 0 Å². The van der Waals surface area contributed by atoms with Crippen molar-refractivity contribution >= 4 is 17.7 Å². The normalized spacial score (nSPS) is 13.7. The molecule has 0 heterocycles. The van der Waals surface area contributed by atoms with Crippen LogP contribution < -0.4 is 5.73 Å². The first-order valence-electron chi connectivity index (χ1n) is 5.37. The standard InChI is InChI=1S/C11H24N2OS/c1-6-9(7-15-5)13(4)10(14)11(2,3)8-12/h9H,6-8,12H2,1-5H3. The van der Waals surface area contributed by atoms with Gasteiger partial charge >= 0.3 is 0 Å². The van der Waals surface area contributed by atoms with Gasteiger partial charge in [0.2, 0.25) is 5.91 Å². The van der Waals surface area contributed by atoms with E-state index in [1.54, 1.807) is 11.8 Å². The van der Waals surface area contributed by atoms with Gasteiger partial charge in [0.15, 0.2) is 0 Å². The highest BCUT2D eigenvalue weighted by molar-refractivity contribution is 7.98. The molecule has 90 valence electrons. The van der Waals surface area contributed by atoms with E-state index in [2.05, 4.69) is 13.2 Å². The molecular weight excluding hydrogens is 208 g/mol. The highest BCUT2D eigenvalue weighted by Gasteiger charge is 2.31. The number of thioether (sulfide) groups is 1.